The van der Waals surface area contributed by atoms with E-state index in [0.717, 1.165) is 25.0 Å². The Kier molecular flexibility index (Phi) is 3.60. The van der Waals surface area contributed by atoms with Crippen LogP contribution in [0.2, 0.25) is 0 Å². The van der Waals surface area contributed by atoms with Gasteiger partial charge in [-0.2, -0.15) is 13.2 Å². The second-order valence-electron chi connectivity index (χ2n) is 7.19. The summed E-state index contributed by atoms with van der Waals surface area (Å²) in [4.78, 5) is 26.3. The van der Waals surface area contributed by atoms with Gasteiger partial charge in [0.2, 0.25) is 5.91 Å². The summed E-state index contributed by atoms with van der Waals surface area (Å²) in [5.41, 5.74) is -1.41. The lowest BCUT2D eigenvalue weighted by molar-refractivity contribution is -0.139. The molecule has 25 heavy (non-hydrogen) atoms. The number of alkyl halides is 3. The van der Waals surface area contributed by atoms with Crippen LogP contribution in [-0.4, -0.2) is 35.3 Å². The zero-order valence-corrected chi connectivity index (χ0v) is 13.6. The summed E-state index contributed by atoms with van der Waals surface area (Å²) >= 11 is 0. The van der Waals surface area contributed by atoms with Crippen molar-refractivity contribution in [3.63, 3.8) is 0 Å². The molecule has 0 atom stereocenters. The molecule has 0 bridgehead atoms. The molecule has 1 aromatic carbocycles. The first-order chi connectivity index (χ1) is 11.8. The monoisotopic (exact) mass is 353 g/mol. The van der Waals surface area contributed by atoms with E-state index in [0.29, 0.717) is 25.9 Å². The van der Waals surface area contributed by atoms with Gasteiger partial charge in [0.25, 0.3) is 0 Å². The lowest BCUT2D eigenvalue weighted by Gasteiger charge is -2.44. The van der Waals surface area contributed by atoms with Gasteiger partial charge in [0.05, 0.1) is 17.5 Å². The highest BCUT2D eigenvalue weighted by Gasteiger charge is 2.45. The highest BCUT2D eigenvalue weighted by atomic mass is 19.4. The molecule has 1 saturated heterocycles. The van der Waals surface area contributed by atoms with Crippen LogP contribution in [0.25, 0.3) is 0 Å². The SMILES string of the molecule is O=C1CC2(CCN(C(=O)C3CC3)CC2)Oc2cc(C(F)(F)F)ccc21. The van der Waals surface area contributed by atoms with Crippen molar-refractivity contribution in [3.05, 3.63) is 29.3 Å². The molecule has 0 radical (unpaired) electrons. The number of ether oxygens (including phenoxy) is 1. The summed E-state index contributed by atoms with van der Waals surface area (Å²) in [5, 5.41) is 0. The van der Waals surface area contributed by atoms with Crippen molar-refractivity contribution in [1.29, 1.82) is 0 Å². The molecule has 2 fully saturated rings. The van der Waals surface area contributed by atoms with E-state index in [-0.39, 0.29) is 35.3 Å². The number of hydrogen-bond acceptors (Lipinski definition) is 3. The number of fused-ring (bicyclic) bond motifs is 1. The number of ketones is 1. The van der Waals surface area contributed by atoms with Crippen LogP contribution in [0.3, 0.4) is 0 Å². The fraction of sp³-hybridized carbons (Fsp3) is 0.556. The van der Waals surface area contributed by atoms with Gasteiger partial charge in [-0.15, -0.1) is 0 Å². The van der Waals surface area contributed by atoms with Gasteiger partial charge in [0.1, 0.15) is 11.4 Å². The molecule has 0 unspecified atom stereocenters. The number of nitrogens with zero attached hydrogens (tertiary/aromatic N) is 1. The van der Waals surface area contributed by atoms with Crippen LogP contribution in [0.1, 0.15) is 48.0 Å². The predicted octanol–water partition coefficient (Wildman–Crippen LogP) is 3.44. The smallest absolute Gasteiger partial charge is 0.416 e. The summed E-state index contributed by atoms with van der Waals surface area (Å²) in [6.07, 6.45) is -1.53. The number of carbonyl (C=O) groups excluding carboxylic acids is 2. The molecule has 1 spiro atoms. The Labute approximate surface area is 142 Å². The molecule has 3 aliphatic rings. The van der Waals surface area contributed by atoms with Crippen LogP contribution in [-0.2, 0) is 11.0 Å². The van der Waals surface area contributed by atoms with Gasteiger partial charge in [-0.1, -0.05) is 0 Å². The maximum atomic E-state index is 12.9. The number of halogens is 3. The van der Waals surface area contributed by atoms with Crippen LogP contribution < -0.4 is 4.74 Å². The molecule has 1 amide bonds. The molecule has 2 heterocycles. The molecule has 0 N–H and O–H groups in total. The first kappa shape index (κ1) is 16.4. The van der Waals surface area contributed by atoms with Crippen molar-refractivity contribution < 1.29 is 27.5 Å². The Morgan fingerprint density at radius 2 is 1.88 bits per heavy atom. The van der Waals surface area contributed by atoms with E-state index in [9.17, 15) is 22.8 Å². The molecule has 1 saturated carbocycles. The Bertz CT molecular complexity index is 732. The number of piperidine rings is 1. The number of carbonyl (C=O) groups is 2. The standard InChI is InChI=1S/C18H18F3NO3/c19-18(20,21)12-3-4-13-14(23)10-17(25-15(13)9-12)5-7-22(8-6-17)16(24)11-1-2-11/h3-4,9,11H,1-2,5-8,10H2. The number of likely N-dealkylation sites (tertiary alicyclic amines) is 1. The molecule has 7 heteroatoms. The van der Waals surface area contributed by atoms with Gasteiger partial charge in [-0.3, -0.25) is 9.59 Å². The van der Waals surface area contributed by atoms with Gasteiger partial charge in [-0.25, -0.2) is 0 Å². The molecule has 1 aromatic rings. The lowest BCUT2D eigenvalue weighted by atomic mass is 9.82. The van der Waals surface area contributed by atoms with Crippen LogP contribution in [0.5, 0.6) is 5.75 Å². The van der Waals surface area contributed by atoms with Crippen molar-refractivity contribution in [2.75, 3.05) is 13.1 Å². The van der Waals surface area contributed by atoms with Crippen molar-refractivity contribution in [2.24, 2.45) is 5.92 Å². The second kappa shape index (κ2) is 5.47. The Morgan fingerprint density at radius 3 is 2.48 bits per heavy atom. The van der Waals surface area contributed by atoms with Crippen LogP contribution in [0.15, 0.2) is 18.2 Å². The maximum Gasteiger partial charge on any atom is 0.416 e. The Balaban J connectivity index is 1.54. The van der Waals surface area contributed by atoms with E-state index >= 15 is 0 Å². The van der Waals surface area contributed by atoms with E-state index < -0.39 is 17.3 Å². The van der Waals surface area contributed by atoms with Crippen molar-refractivity contribution in [3.8, 4) is 5.75 Å². The third kappa shape index (κ3) is 3.00. The number of rotatable bonds is 1. The highest BCUT2D eigenvalue weighted by Crippen LogP contribution is 2.42. The molecule has 2 aliphatic heterocycles. The number of hydrogen-bond donors (Lipinski definition) is 0. The van der Waals surface area contributed by atoms with Crippen molar-refractivity contribution >= 4 is 11.7 Å². The first-order valence-electron chi connectivity index (χ1n) is 8.50. The van der Waals surface area contributed by atoms with Crippen molar-refractivity contribution in [2.45, 2.75) is 43.9 Å². The normalized spacial score (nSPS) is 22.5. The topological polar surface area (TPSA) is 46.6 Å². The summed E-state index contributed by atoms with van der Waals surface area (Å²) in [6.45, 7) is 0.966. The maximum absolute atomic E-state index is 12.9. The molecule has 4 nitrogen and oxygen atoms in total. The van der Waals surface area contributed by atoms with E-state index in [1.807, 2.05) is 0 Å². The first-order valence-corrected chi connectivity index (χ1v) is 8.50. The quantitative estimate of drug-likeness (QED) is 0.777. The Hall–Kier alpha value is -2.05. The largest absolute Gasteiger partial charge is 0.486 e. The third-order valence-electron chi connectivity index (χ3n) is 5.33. The minimum absolute atomic E-state index is 0.00745. The summed E-state index contributed by atoms with van der Waals surface area (Å²) < 4.78 is 44.7. The van der Waals surface area contributed by atoms with Gasteiger partial charge in [0.15, 0.2) is 5.78 Å². The molecule has 1 aliphatic carbocycles. The molecule has 134 valence electrons. The molecule has 0 aromatic heterocycles. The van der Waals surface area contributed by atoms with Gasteiger partial charge < -0.3 is 9.64 Å². The van der Waals surface area contributed by atoms with Gasteiger partial charge >= 0.3 is 6.18 Å². The number of benzene rings is 1. The predicted molar refractivity (Wildman–Crippen MR) is 82.3 cm³/mol. The minimum Gasteiger partial charge on any atom is -0.486 e. The van der Waals surface area contributed by atoms with E-state index in [1.165, 1.54) is 6.07 Å². The van der Waals surface area contributed by atoms with Gasteiger partial charge in [-0.05, 0) is 31.0 Å². The summed E-state index contributed by atoms with van der Waals surface area (Å²) in [6, 6.07) is 3.02. The summed E-state index contributed by atoms with van der Waals surface area (Å²) in [7, 11) is 0. The zero-order valence-electron chi connectivity index (χ0n) is 13.6. The summed E-state index contributed by atoms with van der Waals surface area (Å²) in [5.74, 6) is 0.0970. The fourth-order valence-corrected chi connectivity index (χ4v) is 3.67. The van der Waals surface area contributed by atoms with Crippen LogP contribution in [0.4, 0.5) is 13.2 Å². The van der Waals surface area contributed by atoms with Crippen LogP contribution in [0, 0.1) is 5.92 Å². The molecular weight excluding hydrogens is 335 g/mol. The van der Waals surface area contributed by atoms with E-state index in [2.05, 4.69) is 0 Å². The average molecular weight is 353 g/mol. The average Bonchev–Trinajstić information content (AvgIpc) is 3.38. The Morgan fingerprint density at radius 1 is 1.20 bits per heavy atom. The minimum atomic E-state index is -4.48. The molecular formula is C18H18F3NO3. The van der Waals surface area contributed by atoms with Gasteiger partial charge in [0, 0.05) is 31.8 Å². The van der Waals surface area contributed by atoms with Crippen molar-refractivity contribution in [1.82, 2.24) is 4.90 Å². The zero-order chi connectivity index (χ0) is 17.8. The fourth-order valence-electron chi connectivity index (χ4n) is 3.67. The van der Waals surface area contributed by atoms with E-state index in [1.54, 1.807) is 4.90 Å². The molecule has 4 rings (SSSR count). The van der Waals surface area contributed by atoms with E-state index in [4.69, 9.17) is 4.74 Å². The second-order valence-corrected chi connectivity index (χ2v) is 7.19. The highest BCUT2D eigenvalue weighted by molar-refractivity contribution is 6.00. The van der Waals surface area contributed by atoms with Crippen LogP contribution >= 0.6 is 0 Å². The number of amides is 1. The lowest BCUT2D eigenvalue weighted by Crippen LogP contribution is -2.52. The third-order valence-corrected chi connectivity index (χ3v) is 5.33. The number of Topliss-reactive ketones (excluding diaryl/α,β-unsaturated/α-hetero) is 1.